The Morgan fingerprint density at radius 2 is 1.81 bits per heavy atom. The number of aromatic hydroxyl groups is 1. The first-order valence-electron chi connectivity index (χ1n) is 8.40. The van der Waals surface area contributed by atoms with Crippen LogP contribution >= 0.6 is 0 Å². The molecule has 1 aromatic carbocycles. The zero-order valence-corrected chi connectivity index (χ0v) is 15.8. The number of nitrogens with one attached hydrogen (secondary N) is 2. The number of methoxy groups -OCH3 is 2. The largest absolute Gasteiger partial charge is 0.502 e. The van der Waals surface area contributed by atoms with Gasteiger partial charge < -0.3 is 34.7 Å². The van der Waals surface area contributed by atoms with Crippen molar-refractivity contribution in [1.29, 1.82) is 0 Å². The maximum absolute atomic E-state index is 12.6. The number of esters is 1. The van der Waals surface area contributed by atoms with Gasteiger partial charge in [0.1, 0.15) is 6.61 Å². The van der Waals surface area contributed by atoms with Crippen molar-refractivity contribution in [3.63, 3.8) is 0 Å². The molecule has 0 unspecified atom stereocenters. The average molecular weight is 380 g/mol. The van der Waals surface area contributed by atoms with E-state index in [1.165, 1.54) is 26.4 Å². The molecule has 1 aliphatic rings. The molecule has 0 radical (unpaired) electrons. The zero-order valence-electron chi connectivity index (χ0n) is 15.8. The van der Waals surface area contributed by atoms with Gasteiger partial charge in [-0.05, 0) is 31.5 Å². The van der Waals surface area contributed by atoms with Crippen molar-refractivity contribution in [2.75, 3.05) is 34.0 Å². The quantitative estimate of drug-likeness (QED) is 0.464. The van der Waals surface area contributed by atoms with Crippen LogP contribution in [0.2, 0.25) is 0 Å². The summed E-state index contributed by atoms with van der Waals surface area (Å²) in [6.45, 7) is 4.34. The molecule has 3 N–H and O–H groups in total. The van der Waals surface area contributed by atoms with Crippen molar-refractivity contribution in [2.24, 2.45) is 0 Å². The normalized spacial score (nSPS) is 16.4. The lowest BCUT2D eigenvalue weighted by Gasteiger charge is -2.28. The van der Waals surface area contributed by atoms with Crippen LogP contribution in [-0.2, 0) is 14.3 Å². The third kappa shape index (κ3) is 4.62. The second-order valence-electron chi connectivity index (χ2n) is 5.68. The first-order valence-corrected chi connectivity index (χ1v) is 8.40. The summed E-state index contributed by atoms with van der Waals surface area (Å²) >= 11 is 0. The molecule has 9 nitrogen and oxygen atoms in total. The summed E-state index contributed by atoms with van der Waals surface area (Å²) < 4.78 is 20.7. The highest BCUT2D eigenvalue weighted by molar-refractivity contribution is 5.95. The molecule has 2 amide bonds. The Balaban J connectivity index is 2.39. The van der Waals surface area contributed by atoms with E-state index in [0.717, 1.165) is 0 Å². The fourth-order valence-electron chi connectivity index (χ4n) is 2.71. The van der Waals surface area contributed by atoms with Crippen LogP contribution in [0.15, 0.2) is 23.4 Å². The lowest BCUT2D eigenvalue weighted by atomic mass is 9.95. The molecule has 27 heavy (non-hydrogen) atoms. The van der Waals surface area contributed by atoms with Crippen molar-refractivity contribution in [3.05, 3.63) is 29.0 Å². The number of carbonyl (C=O) groups excluding carboxylic acids is 2. The SMILES string of the molecule is CCOCCOC(=O)C1=C(C)NC(=O)N[C@H]1c1cc(OC)c(O)c(OC)c1. The van der Waals surface area contributed by atoms with E-state index in [1.54, 1.807) is 6.92 Å². The molecule has 1 atom stereocenters. The Hall–Kier alpha value is -2.94. The summed E-state index contributed by atoms with van der Waals surface area (Å²) in [5.74, 6) is -0.459. The first-order chi connectivity index (χ1) is 12.9. The number of phenols is 1. The highest BCUT2D eigenvalue weighted by Crippen LogP contribution is 2.40. The number of ether oxygens (including phenoxy) is 4. The number of urea groups is 1. The molecule has 0 bridgehead atoms. The molecule has 0 fully saturated rings. The second kappa shape index (κ2) is 9.13. The lowest BCUT2D eigenvalue weighted by molar-refractivity contribution is -0.141. The monoisotopic (exact) mass is 380 g/mol. The molecule has 0 aromatic heterocycles. The highest BCUT2D eigenvalue weighted by atomic mass is 16.6. The predicted molar refractivity (Wildman–Crippen MR) is 95.8 cm³/mol. The van der Waals surface area contributed by atoms with Crippen LogP contribution in [-0.4, -0.2) is 51.1 Å². The van der Waals surface area contributed by atoms with Crippen LogP contribution in [0.3, 0.4) is 0 Å². The molecule has 2 rings (SSSR count). The standard InChI is InChI=1S/C18H24N2O7/c1-5-26-6-7-27-17(22)14-10(2)19-18(23)20-15(14)11-8-12(24-3)16(21)13(9-11)25-4/h8-9,15,21H,5-7H2,1-4H3,(H2,19,20,23)/t15-/m0/s1. The summed E-state index contributed by atoms with van der Waals surface area (Å²) in [6, 6.07) is 1.78. The van der Waals surface area contributed by atoms with Crippen LogP contribution in [0.25, 0.3) is 0 Å². The van der Waals surface area contributed by atoms with Crippen molar-refractivity contribution < 1.29 is 33.6 Å². The number of hydrogen-bond donors (Lipinski definition) is 3. The number of carbonyl (C=O) groups is 2. The van der Waals surface area contributed by atoms with Gasteiger partial charge in [0.25, 0.3) is 0 Å². The molecular formula is C18H24N2O7. The molecule has 0 aliphatic carbocycles. The van der Waals surface area contributed by atoms with E-state index in [9.17, 15) is 14.7 Å². The van der Waals surface area contributed by atoms with Gasteiger partial charge in [0.15, 0.2) is 11.5 Å². The molecule has 0 saturated carbocycles. The average Bonchev–Trinajstić information content (AvgIpc) is 2.64. The van der Waals surface area contributed by atoms with E-state index in [-0.39, 0.29) is 36.0 Å². The Morgan fingerprint density at radius 3 is 2.37 bits per heavy atom. The molecule has 9 heteroatoms. The van der Waals surface area contributed by atoms with E-state index in [0.29, 0.717) is 17.9 Å². The van der Waals surface area contributed by atoms with Gasteiger partial charge in [-0.3, -0.25) is 0 Å². The number of benzene rings is 1. The summed E-state index contributed by atoms with van der Waals surface area (Å²) in [4.78, 5) is 24.6. The van der Waals surface area contributed by atoms with Crippen LogP contribution in [0.1, 0.15) is 25.5 Å². The number of hydrogen-bond acceptors (Lipinski definition) is 7. The molecule has 1 aliphatic heterocycles. The van der Waals surface area contributed by atoms with E-state index < -0.39 is 18.0 Å². The topological polar surface area (TPSA) is 115 Å². The van der Waals surface area contributed by atoms with Crippen molar-refractivity contribution in [3.8, 4) is 17.2 Å². The highest BCUT2D eigenvalue weighted by Gasteiger charge is 2.33. The Bertz CT molecular complexity index is 720. The summed E-state index contributed by atoms with van der Waals surface area (Å²) in [7, 11) is 2.78. The Labute approximate surface area is 157 Å². The number of allylic oxidation sites excluding steroid dienone is 1. The van der Waals surface area contributed by atoms with Gasteiger partial charge in [-0.25, -0.2) is 9.59 Å². The fraction of sp³-hybridized carbons (Fsp3) is 0.444. The Kier molecular flexibility index (Phi) is 6.89. The lowest BCUT2D eigenvalue weighted by Crippen LogP contribution is -2.45. The minimum Gasteiger partial charge on any atom is -0.502 e. The maximum Gasteiger partial charge on any atom is 0.338 e. The van der Waals surface area contributed by atoms with Crippen LogP contribution in [0.4, 0.5) is 4.79 Å². The van der Waals surface area contributed by atoms with E-state index in [4.69, 9.17) is 18.9 Å². The number of rotatable bonds is 8. The summed E-state index contributed by atoms with van der Waals surface area (Å²) in [5, 5.41) is 15.3. The van der Waals surface area contributed by atoms with Gasteiger partial charge in [-0.15, -0.1) is 0 Å². The van der Waals surface area contributed by atoms with E-state index >= 15 is 0 Å². The minimum absolute atomic E-state index is 0.0896. The number of phenolic OH excluding ortho intramolecular Hbond substituents is 1. The Morgan fingerprint density at radius 1 is 1.19 bits per heavy atom. The summed E-state index contributed by atoms with van der Waals surface area (Å²) in [6.07, 6.45) is 0. The van der Waals surface area contributed by atoms with E-state index in [1.807, 2.05) is 6.92 Å². The molecule has 0 spiro atoms. The van der Waals surface area contributed by atoms with Crippen molar-refractivity contribution >= 4 is 12.0 Å². The fourth-order valence-corrected chi connectivity index (χ4v) is 2.71. The molecule has 1 aromatic rings. The van der Waals surface area contributed by atoms with Gasteiger partial charge in [-0.2, -0.15) is 0 Å². The van der Waals surface area contributed by atoms with Crippen LogP contribution in [0, 0.1) is 0 Å². The molecule has 1 heterocycles. The molecule has 148 valence electrons. The zero-order chi connectivity index (χ0) is 20.0. The molecule has 0 saturated heterocycles. The molecular weight excluding hydrogens is 356 g/mol. The minimum atomic E-state index is -0.804. The van der Waals surface area contributed by atoms with Crippen molar-refractivity contribution in [1.82, 2.24) is 10.6 Å². The third-order valence-electron chi connectivity index (χ3n) is 3.99. The third-order valence-corrected chi connectivity index (χ3v) is 3.99. The van der Waals surface area contributed by atoms with Crippen LogP contribution < -0.4 is 20.1 Å². The summed E-state index contributed by atoms with van der Waals surface area (Å²) in [5.41, 5.74) is 1.10. The van der Waals surface area contributed by atoms with Crippen LogP contribution in [0.5, 0.6) is 17.2 Å². The second-order valence-corrected chi connectivity index (χ2v) is 5.68. The van der Waals surface area contributed by atoms with Gasteiger partial charge in [0, 0.05) is 12.3 Å². The first kappa shape index (κ1) is 20.4. The van der Waals surface area contributed by atoms with E-state index in [2.05, 4.69) is 10.6 Å². The smallest absolute Gasteiger partial charge is 0.338 e. The van der Waals surface area contributed by atoms with Crippen molar-refractivity contribution in [2.45, 2.75) is 19.9 Å². The van der Waals surface area contributed by atoms with Gasteiger partial charge >= 0.3 is 12.0 Å². The van der Waals surface area contributed by atoms with Gasteiger partial charge in [0.2, 0.25) is 5.75 Å². The predicted octanol–water partition coefficient (Wildman–Crippen LogP) is 1.62. The number of amides is 2. The maximum atomic E-state index is 12.6. The van der Waals surface area contributed by atoms with Gasteiger partial charge in [0.05, 0.1) is 32.4 Å². The van der Waals surface area contributed by atoms with Gasteiger partial charge in [-0.1, -0.05) is 0 Å².